The van der Waals surface area contributed by atoms with Crippen LogP contribution in [0.4, 0.5) is 0 Å². The lowest BCUT2D eigenvalue weighted by molar-refractivity contribution is 0.216. The lowest BCUT2D eigenvalue weighted by Gasteiger charge is -2.30. The Balaban J connectivity index is 2.21. The lowest BCUT2D eigenvalue weighted by Crippen LogP contribution is -2.45. The molecular formula is C19H27N3O4S2. The van der Waals surface area contributed by atoms with Gasteiger partial charge in [0, 0.05) is 12.6 Å². The summed E-state index contributed by atoms with van der Waals surface area (Å²) in [7, 11) is -7.86. The van der Waals surface area contributed by atoms with Crippen molar-refractivity contribution >= 4 is 20.0 Å². The van der Waals surface area contributed by atoms with Crippen LogP contribution in [0, 0.1) is 0 Å². The van der Waals surface area contributed by atoms with E-state index in [4.69, 9.17) is 5.14 Å². The molecule has 2 rings (SSSR count). The van der Waals surface area contributed by atoms with Gasteiger partial charge in [-0.15, -0.1) is 0 Å². The average Bonchev–Trinajstić information content (AvgIpc) is 2.67. The molecule has 0 aliphatic heterocycles. The quantitative estimate of drug-likeness (QED) is 0.600. The molecule has 0 unspecified atom stereocenters. The van der Waals surface area contributed by atoms with E-state index in [0.717, 1.165) is 24.7 Å². The first-order chi connectivity index (χ1) is 13.2. The summed E-state index contributed by atoms with van der Waals surface area (Å²) in [6.45, 7) is 5.85. The number of nitrogens with one attached hydrogen (secondary N) is 1. The number of rotatable bonds is 10. The van der Waals surface area contributed by atoms with Gasteiger partial charge in [-0.1, -0.05) is 50.2 Å². The van der Waals surface area contributed by atoms with Gasteiger partial charge in [-0.25, -0.2) is 26.7 Å². The van der Waals surface area contributed by atoms with Gasteiger partial charge in [-0.05, 0) is 43.3 Å². The molecule has 7 nitrogen and oxygen atoms in total. The molecule has 0 fully saturated rings. The first kappa shape index (κ1) is 22.5. The first-order valence-corrected chi connectivity index (χ1v) is 12.1. The zero-order chi connectivity index (χ0) is 20.8. The van der Waals surface area contributed by atoms with Gasteiger partial charge in [-0.2, -0.15) is 0 Å². The molecule has 0 amide bonds. The zero-order valence-corrected chi connectivity index (χ0v) is 17.7. The number of sulfonamides is 2. The fourth-order valence-corrected chi connectivity index (χ4v) is 4.82. The number of primary sulfonamides is 1. The Bertz CT molecular complexity index is 973. The summed E-state index contributed by atoms with van der Waals surface area (Å²) in [6.07, 6.45) is 0.697. The molecule has 0 saturated heterocycles. The van der Waals surface area contributed by atoms with Crippen molar-refractivity contribution in [1.82, 2.24) is 9.62 Å². The summed E-state index contributed by atoms with van der Waals surface area (Å²) in [6, 6.07) is 14.9. The van der Waals surface area contributed by atoms with Crippen LogP contribution in [0.15, 0.2) is 64.4 Å². The standard InChI is InChI=1S/C19H27N3O4S2/c1-3-22(4-2)17(13-16-9-6-5-7-10-16)15-21-28(25,26)19-12-8-11-18(14-19)27(20,23)24/h5-12,14,17,21H,3-4,13,15H2,1-2H3,(H2,20,23,24)/t17-/m0/s1. The second-order valence-electron chi connectivity index (χ2n) is 6.44. The van der Waals surface area contributed by atoms with Gasteiger partial charge in [-0.3, -0.25) is 4.90 Å². The first-order valence-electron chi connectivity index (χ1n) is 9.08. The Hall–Kier alpha value is -1.78. The summed E-state index contributed by atoms with van der Waals surface area (Å²) in [5.41, 5.74) is 1.12. The van der Waals surface area contributed by atoms with Gasteiger partial charge in [0.15, 0.2) is 0 Å². The SMILES string of the molecule is CCN(CC)[C@H](CNS(=O)(=O)c1cccc(S(N)(=O)=O)c1)Cc1ccccc1. The van der Waals surface area contributed by atoms with Crippen molar-refractivity contribution in [2.45, 2.75) is 36.1 Å². The summed E-state index contributed by atoms with van der Waals surface area (Å²) in [5.74, 6) is 0. The largest absolute Gasteiger partial charge is 0.299 e. The fraction of sp³-hybridized carbons (Fsp3) is 0.368. The van der Waals surface area contributed by atoms with E-state index in [0.29, 0.717) is 6.42 Å². The molecule has 1 atom stereocenters. The third-order valence-electron chi connectivity index (χ3n) is 4.60. The Kier molecular flexibility index (Phi) is 7.73. The van der Waals surface area contributed by atoms with E-state index in [1.165, 1.54) is 18.2 Å². The van der Waals surface area contributed by atoms with Crippen LogP contribution in [0.1, 0.15) is 19.4 Å². The number of benzene rings is 2. The van der Waals surface area contributed by atoms with Crippen molar-refractivity contribution in [3.8, 4) is 0 Å². The highest BCUT2D eigenvalue weighted by Gasteiger charge is 2.22. The van der Waals surface area contributed by atoms with Gasteiger partial charge in [0.1, 0.15) is 0 Å². The Morgan fingerprint density at radius 3 is 2.11 bits per heavy atom. The van der Waals surface area contributed by atoms with Crippen molar-refractivity contribution in [3.05, 3.63) is 60.2 Å². The molecule has 2 aromatic rings. The molecule has 0 aliphatic carbocycles. The molecule has 0 radical (unpaired) electrons. The van der Waals surface area contributed by atoms with E-state index in [1.807, 2.05) is 44.2 Å². The third-order valence-corrected chi connectivity index (χ3v) is 6.93. The molecular weight excluding hydrogens is 398 g/mol. The maximum absolute atomic E-state index is 12.7. The highest BCUT2D eigenvalue weighted by Crippen LogP contribution is 2.15. The molecule has 0 saturated carbocycles. The van der Waals surface area contributed by atoms with Gasteiger partial charge in [0.2, 0.25) is 20.0 Å². The second-order valence-corrected chi connectivity index (χ2v) is 9.76. The van der Waals surface area contributed by atoms with E-state index < -0.39 is 20.0 Å². The molecule has 3 N–H and O–H groups in total. The van der Waals surface area contributed by atoms with E-state index >= 15 is 0 Å². The highest BCUT2D eigenvalue weighted by molar-refractivity contribution is 7.90. The number of hydrogen-bond acceptors (Lipinski definition) is 5. The minimum absolute atomic E-state index is 0.0337. The number of likely N-dealkylation sites (N-methyl/N-ethyl adjacent to an activating group) is 1. The van der Waals surface area contributed by atoms with Crippen LogP contribution in [0.25, 0.3) is 0 Å². The van der Waals surface area contributed by atoms with Gasteiger partial charge < -0.3 is 0 Å². The number of hydrogen-bond donors (Lipinski definition) is 2. The average molecular weight is 426 g/mol. The predicted octanol–water partition coefficient (Wildman–Crippen LogP) is 1.57. The molecule has 2 aromatic carbocycles. The summed E-state index contributed by atoms with van der Waals surface area (Å²) in [4.78, 5) is 1.83. The monoisotopic (exact) mass is 425 g/mol. The van der Waals surface area contributed by atoms with Crippen LogP contribution in [0.2, 0.25) is 0 Å². The van der Waals surface area contributed by atoms with E-state index in [-0.39, 0.29) is 22.4 Å². The summed E-state index contributed by atoms with van der Waals surface area (Å²) >= 11 is 0. The zero-order valence-electron chi connectivity index (χ0n) is 16.1. The Morgan fingerprint density at radius 1 is 0.929 bits per heavy atom. The van der Waals surface area contributed by atoms with Crippen LogP contribution in [-0.2, 0) is 26.5 Å². The maximum Gasteiger partial charge on any atom is 0.240 e. The second kappa shape index (κ2) is 9.62. The third kappa shape index (κ3) is 6.11. The molecule has 154 valence electrons. The molecule has 28 heavy (non-hydrogen) atoms. The van der Waals surface area contributed by atoms with E-state index in [9.17, 15) is 16.8 Å². The predicted molar refractivity (Wildman–Crippen MR) is 110 cm³/mol. The van der Waals surface area contributed by atoms with Crippen LogP contribution >= 0.6 is 0 Å². The molecule has 0 spiro atoms. The number of nitrogens with zero attached hydrogens (tertiary/aromatic N) is 1. The topological polar surface area (TPSA) is 110 Å². The van der Waals surface area contributed by atoms with Crippen molar-refractivity contribution in [1.29, 1.82) is 0 Å². The van der Waals surface area contributed by atoms with E-state index in [1.54, 1.807) is 0 Å². The Labute approximate surface area is 167 Å². The normalized spacial score (nSPS) is 13.6. The van der Waals surface area contributed by atoms with Gasteiger partial charge in [0.25, 0.3) is 0 Å². The summed E-state index contributed by atoms with van der Waals surface area (Å²) < 4.78 is 51.0. The van der Waals surface area contributed by atoms with Gasteiger partial charge in [0.05, 0.1) is 9.79 Å². The van der Waals surface area contributed by atoms with Crippen molar-refractivity contribution in [2.24, 2.45) is 5.14 Å². The van der Waals surface area contributed by atoms with E-state index in [2.05, 4.69) is 9.62 Å². The molecule has 0 bridgehead atoms. The highest BCUT2D eigenvalue weighted by atomic mass is 32.2. The molecule has 9 heteroatoms. The van der Waals surface area contributed by atoms with Crippen LogP contribution < -0.4 is 9.86 Å². The smallest absolute Gasteiger partial charge is 0.240 e. The minimum Gasteiger partial charge on any atom is -0.299 e. The molecule has 0 aromatic heterocycles. The summed E-state index contributed by atoms with van der Waals surface area (Å²) in [5, 5.41) is 5.10. The minimum atomic E-state index is -3.98. The van der Waals surface area contributed by atoms with Crippen LogP contribution in [0.3, 0.4) is 0 Å². The van der Waals surface area contributed by atoms with Crippen LogP contribution in [0.5, 0.6) is 0 Å². The van der Waals surface area contributed by atoms with Gasteiger partial charge >= 0.3 is 0 Å². The van der Waals surface area contributed by atoms with Crippen molar-refractivity contribution < 1.29 is 16.8 Å². The fourth-order valence-electron chi connectivity index (χ4n) is 3.06. The van der Waals surface area contributed by atoms with Crippen molar-refractivity contribution in [2.75, 3.05) is 19.6 Å². The molecule has 0 aliphatic rings. The maximum atomic E-state index is 12.7. The number of nitrogens with two attached hydrogens (primary N) is 1. The lowest BCUT2D eigenvalue weighted by atomic mass is 10.0. The molecule has 0 heterocycles. The van der Waals surface area contributed by atoms with Crippen LogP contribution in [-0.4, -0.2) is 47.4 Å². The Morgan fingerprint density at radius 2 is 1.54 bits per heavy atom. The van der Waals surface area contributed by atoms with Crippen molar-refractivity contribution in [3.63, 3.8) is 0 Å².